The first-order valence-corrected chi connectivity index (χ1v) is 11.0. The molecular formula is C19H22FN5O3S2. The molecule has 1 amide bonds. The summed E-state index contributed by atoms with van der Waals surface area (Å²) < 4.78 is 26.5. The van der Waals surface area contributed by atoms with E-state index in [2.05, 4.69) is 20.5 Å². The molecule has 3 aromatic rings. The number of carbonyl (C=O) groups excluding carboxylic acids is 1. The smallest absolute Gasteiger partial charge is 0.236 e. The van der Waals surface area contributed by atoms with Crippen LogP contribution in [0.1, 0.15) is 24.5 Å². The standard InChI is InChI=1S/C19H22FN5O3S2/c1-12-10-29-18(21-12)22-17(26)11-30-19-24-23-16(25(19)13(2)8-27-3)9-28-15-7-5-4-6-14(15)20/h4-7,10,13H,8-9,11H2,1-3H3,(H,21,22,26)/t13-/m1/s1. The van der Waals surface area contributed by atoms with Gasteiger partial charge in [0.25, 0.3) is 0 Å². The van der Waals surface area contributed by atoms with Crippen molar-refractivity contribution in [3.05, 3.63) is 47.0 Å². The molecule has 8 nitrogen and oxygen atoms in total. The quantitative estimate of drug-likeness (QED) is 0.470. The molecule has 11 heteroatoms. The molecule has 30 heavy (non-hydrogen) atoms. The predicted octanol–water partition coefficient (Wildman–Crippen LogP) is 3.70. The van der Waals surface area contributed by atoms with Crippen LogP contribution in [-0.2, 0) is 16.1 Å². The highest BCUT2D eigenvalue weighted by Crippen LogP contribution is 2.24. The van der Waals surface area contributed by atoms with Crippen molar-refractivity contribution in [1.29, 1.82) is 0 Å². The number of amides is 1. The molecule has 2 heterocycles. The number of ether oxygens (including phenoxy) is 2. The van der Waals surface area contributed by atoms with Crippen LogP contribution in [0.15, 0.2) is 34.8 Å². The average Bonchev–Trinajstić information content (AvgIpc) is 3.31. The van der Waals surface area contributed by atoms with Crippen LogP contribution in [0.5, 0.6) is 5.75 Å². The van der Waals surface area contributed by atoms with Crippen LogP contribution in [0.25, 0.3) is 0 Å². The summed E-state index contributed by atoms with van der Waals surface area (Å²) in [5, 5.41) is 14.1. The number of rotatable bonds is 10. The lowest BCUT2D eigenvalue weighted by atomic mass is 10.3. The number of para-hydroxylation sites is 1. The highest BCUT2D eigenvalue weighted by molar-refractivity contribution is 7.99. The highest BCUT2D eigenvalue weighted by atomic mass is 32.2. The number of nitrogens with one attached hydrogen (secondary N) is 1. The lowest BCUT2D eigenvalue weighted by Crippen LogP contribution is -2.18. The Balaban J connectivity index is 1.68. The number of anilines is 1. The SMILES string of the molecule is COC[C@@H](C)n1c(COc2ccccc2F)nnc1SCC(=O)Nc1nc(C)cs1. The van der Waals surface area contributed by atoms with E-state index in [0.29, 0.717) is 22.7 Å². The van der Waals surface area contributed by atoms with Crippen molar-refractivity contribution in [2.75, 3.05) is 24.8 Å². The number of nitrogens with zero attached hydrogens (tertiary/aromatic N) is 4. The van der Waals surface area contributed by atoms with E-state index in [4.69, 9.17) is 9.47 Å². The molecule has 0 saturated carbocycles. The minimum absolute atomic E-state index is 0.0349. The summed E-state index contributed by atoms with van der Waals surface area (Å²) in [6.45, 7) is 4.27. The second-order valence-electron chi connectivity index (χ2n) is 6.42. The Morgan fingerprint density at radius 1 is 1.37 bits per heavy atom. The van der Waals surface area contributed by atoms with E-state index in [0.717, 1.165) is 5.69 Å². The number of hydrogen-bond acceptors (Lipinski definition) is 8. The maximum Gasteiger partial charge on any atom is 0.236 e. The second-order valence-corrected chi connectivity index (χ2v) is 8.22. The van der Waals surface area contributed by atoms with Crippen molar-refractivity contribution in [3.8, 4) is 5.75 Å². The summed E-state index contributed by atoms with van der Waals surface area (Å²) in [7, 11) is 1.60. The van der Waals surface area contributed by atoms with Crippen molar-refractivity contribution in [2.45, 2.75) is 31.7 Å². The Bertz CT molecular complexity index is 994. The van der Waals surface area contributed by atoms with Gasteiger partial charge < -0.3 is 14.8 Å². The monoisotopic (exact) mass is 451 g/mol. The van der Waals surface area contributed by atoms with Gasteiger partial charge in [0, 0.05) is 12.5 Å². The van der Waals surface area contributed by atoms with Gasteiger partial charge in [-0.3, -0.25) is 9.36 Å². The number of hydrogen-bond donors (Lipinski definition) is 1. The largest absolute Gasteiger partial charge is 0.483 e. The molecule has 0 aliphatic carbocycles. The van der Waals surface area contributed by atoms with E-state index in [9.17, 15) is 9.18 Å². The zero-order valence-corrected chi connectivity index (χ0v) is 18.4. The normalized spacial score (nSPS) is 12.0. The van der Waals surface area contributed by atoms with Crippen molar-refractivity contribution in [2.24, 2.45) is 0 Å². The van der Waals surface area contributed by atoms with E-state index in [1.54, 1.807) is 25.3 Å². The van der Waals surface area contributed by atoms with Gasteiger partial charge in [0.1, 0.15) is 6.61 Å². The molecule has 0 unspecified atom stereocenters. The molecule has 0 aliphatic heterocycles. The molecule has 0 spiro atoms. The molecule has 0 bridgehead atoms. The minimum atomic E-state index is -0.447. The first kappa shape index (κ1) is 22.2. The Labute approximate surface area is 181 Å². The van der Waals surface area contributed by atoms with Gasteiger partial charge >= 0.3 is 0 Å². The number of benzene rings is 1. The fraction of sp³-hybridized carbons (Fsp3) is 0.368. The van der Waals surface area contributed by atoms with Crippen LogP contribution in [0.3, 0.4) is 0 Å². The van der Waals surface area contributed by atoms with Gasteiger partial charge in [-0.2, -0.15) is 0 Å². The molecule has 0 radical (unpaired) electrons. The Kier molecular flexibility index (Phi) is 7.77. The van der Waals surface area contributed by atoms with E-state index in [1.807, 2.05) is 23.8 Å². The van der Waals surface area contributed by atoms with Crippen LogP contribution in [0.4, 0.5) is 9.52 Å². The third-order valence-electron chi connectivity index (χ3n) is 3.97. The van der Waals surface area contributed by atoms with Gasteiger partial charge in [0.05, 0.1) is 24.1 Å². The minimum Gasteiger partial charge on any atom is -0.483 e. The van der Waals surface area contributed by atoms with Gasteiger partial charge in [-0.25, -0.2) is 9.37 Å². The van der Waals surface area contributed by atoms with Gasteiger partial charge in [0.15, 0.2) is 27.7 Å². The van der Waals surface area contributed by atoms with Crippen molar-refractivity contribution in [1.82, 2.24) is 19.7 Å². The molecule has 0 aliphatic rings. The zero-order valence-electron chi connectivity index (χ0n) is 16.8. The number of thiazole rings is 1. The molecule has 2 aromatic heterocycles. The summed E-state index contributed by atoms with van der Waals surface area (Å²) in [6.07, 6.45) is 0. The average molecular weight is 452 g/mol. The number of halogens is 1. The van der Waals surface area contributed by atoms with Crippen LogP contribution < -0.4 is 10.1 Å². The number of aromatic nitrogens is 4. The number of methoxy groups -OCH3 is 1. The topological polar surface area (TPSA) is 91.2 Å². The van der Waals surface area contributed by atoms with Crippen LogP contribution in [-0.4, -0.2) is 45.1 Å². The van der Waals surface area contributed by atoms with Gasteiger partial charge in [-0.1, -0.05) is 23.9 Å². The predicted molar refractivity (Wildman–Crippen MR) is 114 cm³/mol. The molecular weight excluding hydrogens is 429 g/mol. The summed E-state index contributed by atoms with van der Waals surface area (Å²) in [4.78, 5) is 16.5. The molecule has 1 N–H and O–H groups in total. The van der Waals surface area contributed by atoms with Gasteiger partial charge in [-0.05, 0) is 26.0 Å². The van der Waals surface area contributed by atoms with Gasteiger partial charge in [-0.15, -0.1) is 21.5 Å². The van der Waals surface area contributed by atoms with Gasteiger partial charge in [0.2, 0.25) is 5.91 Å². The summed E-state index contributed by atoms with van der Waals surface area (Å²) >= 11 is 2.62. The molecule has 0 fully saturated rings. The van der Waals surface area contributed by atoms with E-state index >= 15 is 0 Å². The van der Waals surface area contributed by atoms with Crippen molar-refractivity contribution in [3.63, 3.8) is 0 Å². The van der Waals surface area contributed by atoms with Crippen LogP contribution in [0.2, 0.25) is 0 Å². The van der Waals surface area contributed by atoms with Crippen molar-refractivity contribution < 1.29 is 18.7 Å². The molecule has 1 atom stereocenters. The Hall–Kier alpha value is -2.50. The number of aryl methyl sites for hydroxylation is 1. The maximum absolute atomic E-state index is 13.8. The Morgan fingerprint density at radius 3 is 2.87 bits per heavy atom. The van der Waals surface area contributed by atoms with Crippen LogP contribution >= 0.6 is 23.1 Å². The van der Waals surface area contributed by atoms with E-state index < -0.39 is 5.82 Å². The highest BCUT2D eigenvalue weighted by Gasteiger charge is 2.20. The summed E-state index contributed by atoms with van der Waals surface area (Å²) in [5.41, 5.74) is 0.857. The fourth-order valence-corrected chi connectivity index (χ4v) is 4.22. The second kappa shape index (κ2) is 10.5. The third kappa shape index (κ3) is 5.77. The number of carbonyl (C=O) groups is 1. The van der Waals surface area contributed by atoms with Crippen LogP contribution in [0, 0.1) is 12.7 Å². The molecule has 1 aromatic carbocycles. The van der Waals surface area contributed by atoms with E-state index in [1.165, 1.54) is 29.2 Å². The maximum atomic E-state index is 13.8. The lowest BCUT2D eigenvalue weighted by molar-refractivity contribution is -0.113. The molecule has 0 saturated heterocycles. The zero-order chi connectivity index (χ0) is 21.5. The third-order valence-corrected chi connectivity index (χ3v) is 5.79. The van der Waals surface area contributed by atoms with Crippen molar-refractivity contribution >= 4 is 34.1 Å². The number of thioether (sulfide) groups is 1. The lowest BCUT2D eigenvalue weighted by Gasteiger charge is -2.17. The van der Waals surface area contributed by atoms with E-state index in [-0.39, 0.29) is 30.1 Å². The molecule has 160 valence electrons. The summed E-state index contributed by atoms with van der Waals surface area (Å²) in [5.74, 6) is 0.162. The Morgan fingerprint density at radius 2 is 2.17 bits per heavy atom. The first-order chi connectivity index (χ1) is 14.5. The fourth-order valence-electron chi connectivity index (χ4n) is 2.66. The molecule has 3 rings (SSSR count). The summed E-state index contributed by atoms with van der Waals surface area (Å²) in [6, 6.07) is 6.07. The first-order valence-electron chi connectivity index (χ1n) is 9.12.